The van der Waals surface area contributed by atoms with Crippen molar-refractivity contribution in [2.24, 2.45) is 0 Å². The Hall–Kier alpha value is -1.89. The average Bonchev–Trinajstić information content (AvgIpc) is 3.18. The number of anilines is 1. The van der Waals surface area contributed by atoms with Crippen LogP contribution in [0.25, 0.3) is 0 Å². The van der Waals surface area contributed by atoms with Gasteiger partial charge in [-0.05, 0) is 32.2 Å². The third-order valence-electron chi connectivity index (χ3n) is 4.85. The maximum absolute atomic E-state index is 12.3. The predicted octanol–water partition coefficient (Wildman–Crippen LogP) is 1.88. The number of carbonyl (C=O) groups is 2. The van der Waals surface area contributed by atoms with Crippen LogP contribution in [0.4, 0.5) is 5.82 Å². The van der Waals surface area contributed by atoms with E-state index in [1.807, 2.05) is 4.68 Å². The van der Waals surface area contributed by atoms with Crippen molar-refractivity contribution in [2.45, 2.75) is 57.0 Å². The summed E-state index contributed by atoms with van der Waals surface area (Å²) >= 11 is 0. The Morgan fingerprint density at radius 3 is 2.70 bits per heavy atom. The molecule has 1 saturated heterocycles. The Bertz CT molecular complexity index is 565. The first-order chi connectivity index (χ1) is 11.1. The summed E-state index contributed by atoms with van der Waals surface area (Å²) in [6.07, 6.45) is 8.76. The molecule has 1 atom stereocenters. The fraction of sp³-hybridized carbons (Fsp3) is 0.688. The Balaban J connectivity index is 1.61. The zero-order valence-corrected chi connectivity index (χ0v) is 13.3. The van der Waals surface area contributed by atoms with Crippen molar-refractivity contribution in [1.29, 1.82) is 0 Å². The fourth-order valence-electron chi connectivity index (χ4n) is 3.68. The number of nitrogens with zero attached hydrogens (tertiary/aromatic N) is 3. The quantitative estimate of drug-likeness (QED) is 0.865. The van der Waals surface area contributed by atoms with Crippen molar-refractivity contribution in [3.63, 3.8) is 0 Å². The molecule has 0 spiro atoms. The molecule has 1 saturated carbocycles. The van der Waals surface area contributed by atoms with E-state index in [2.05, 4.69) is 10.4 Å². The highest BCUT2D eigenvalue weighted by atomic mass is 16.4. The van der Waals surface area contributed by atoms with Gasteiger partial charge in [0, 0.05) is 6.07 Å². The van der Waals surface area contributed by atoms with Gasteiger partial charge in [-0.1, -0.05) is 19.3 Å². The van der Waals surface area contributed by atoms with Crippen LogP contribution in [-0.4, -0.2) is 50.8 Å². The summed E-state index contributed by atoms with van der Waals surface area (Å²) < 4.78 is 1.90. The van der Waals surface area contributed by atoms with Gasteiger partial charge in [-0.25, -0.2) is 4.68 Å². The van der Waals surface area contributed by atoms with E-state index >= 15 is 0 Å². The van der Waals surface area contributed by atoms with Gasteiger partial charge in [0.15, 0.2) is 0 Å². The second-order valence-electron chi connectivity index (χ2n) is 6.47. The molecule has 1 amide bonds. The minimum atomic E-state index is -0.839. The Morgan fingerprint density at radius 2 is 1.96 bits per heavy atom. The van der Waals surface area contributed by atoms with Gasteiger partial charge < -0.3 is 10.4 Å². The number of hydrogen-bond acceptors (Lipinski definition) is 4. The van der Waals surface area contributed by atoms with Crippen LogP contribution in [-0.2, 0) is 9.59 Å². The molecule has 1 aromatic heterocycles. The third-order valence-corrected chi connectivity index (χ3v) is 4.85. The second kappa shape index (κ2) is 7.12. The number of carboxylic acid groups (broad SMARTS) is 1. The van der Waals surface area contributed by atoms with Crippen molar-refractivity contribution in [3.05, 3.63) is 12.3 Å². The van der Waals surface area contributed by atoms with E-state index in [1.54, 1.807) is 17.2 Å². The molecule has 0 radical (unpaired) electrons. The van der Waals surface area contributed by atoms with E-state index < -0.39 is 12.0 Å². The molecule has 2 heterocycles. The number of aliphatic carboxylic acids is 1. The molecule has 1 unspecified atom stereocenters. The Kier molecular flexibility index (Phi) is 4.95. The maximum Gasteiger partial charge on any atom is 0.320 e. The number of nitrogens with one attached hydrogen (secondary N) is 1. The largest absolute Gasteiger partial charge is 0.480 e. The molecule has 0 bridgehead atoms. The summed E-state index contributed by atoms with van der Waals surface area (Å²) in [7, 11) is 0. The van der Waals surface area contributed by atoms with Crippen LogP contribution in [0.15, 0.2) is 12.3 Å². The molecule has 2 N–H and O–H groups in total. The van der Waals surface area contributed by atoms with Gasteiger partial charge in [0.05, 0.1) is 18.8 Å². The van der Waals surface area contributed by atoms with Crippen molar-refractivity contribution in [1.82, 2.24) is 14.7 Å². The minimum Gasteiger partial charge on any atom is -0.480 e. The molecule has 1 aliphatic heterocycles. The number of likely N-dealkylation sites (tertiary alicyclic amines) is 1. The van der Waals surface area contributed by atoms with Crippen molar-refractivity contribution in [2.75, 3.05) is 18.4 Å². The lowest BCUT2D eigenvalue weighted by atomic mass is 10.0. The van der Waals surface area contributed by atoms with Crippen molar-refractivity contribution < 1.29 is 14.7 Å². The van der Waals surface area contributed by atoms with E-state index in [-0.39, 0.29) is 12.5 Å². The van der Waals surface area contributed by atoms with E-state index in [9.17, 15) is 14.7 Å². The molecule has 2 aliphatic rings. The summed E-state index contributed by atoms with van der Waals surface area (Å²) in [5.74, 6) is -0.294. The van der Waals surface area contributed by atoms with E-state index in [0.717, 1.165) is 25.7 Å². The zero-order chi connectivity index (χ0) is 16.2. The number of aromatic nitrogens is 2. The first-order valence-corrected chi connectivity index (χ1v) is 8.45. The molecule has 2 fully saturated rings. The summed E-state index contributed by atoms with van der Waals surface area (Å²) in [6, 6.07) is 1.62. The third kappa shape index (κ3) is 3.72. The van der Waals surface area contributed by atoms with Crippen LogP contribution in [0.2, 0.25) is 0 Å². The van der Waals surface area contributed by atoms with Gasteiger partial charge in [0.2, 0.25) is 5.91 Å². The SMILES string of the molecule is O=C(CN1CCCCC1C(=O)O)Nc1ccnn1C1CCCC1. The first-order valence-electron chi connectivity index (χ1n) is 8.45. The minimum absolute atomic E-state index is 0.118. The molecule has 7 heteroatoms. The lowest BCUT2D eigenvalue weighted by Crippen LogP contribution is -2.48. The number of piperidine rings is 1. The van der Waals surface area contributed by atoms with Crippen LogP contribution in [0.3, 0.4) is 0 Å². The van der Waals surface area contributed by atoms with Gasteiger partial charge >= 0.3 is 5.97 Å². The number of carbonyl (C=O) groups excluding carboxylic acids is 1. The van der Waals surface area contributed by atoms with Gasteiger partial charge in [0.25, 0.3) is 0 Å². The summed E-state index contributed by atoms with van der Waals surface area (Å²) in [5.41, 5.74) is 0. The van der Waals surface area contributed by atoms with E-state index in [4.69, 9.17) is 0 Å². The van der Waals surface area contributed by atoms with Crippen LogP contribution in [0.1, 0.15) is 51.0 Å². The summed E-state index contributed by atoms with van der Waals surface area (Å²) in [5, 5.41) is 16.5. The number of rotatable bonds is 5. The zero-order valence-electron chi connectivity index (χ0n) is 13.3. The lowest BCUT2D eigenvalue weighted by Gasteiger charge is -2.32. The smallest absolute Gasteiger partial charge is 0.320 e. The molecule has 1 aromatic rings. The fourth-order valence-corrected chi connectivity index (χ4v) is 3.68. The Morgan fingerprint density at radius 1 is 1.22 bits per heavy atom. The highest BCUT2D eigenvalue weighted by molar-refractivity contribution is 5.91. The molecular formula is C16H24N4O3. The van der Waals surface area contributed by atoms with Gasteiger partial charge in [-0.15, -0.1) is 0 Å². The first kappa shape index (κ1) is 16.0. The lowest BCUT2D eigenvalue weighted by molar-refractivity contribution is -0.145. The average molecular weight is 320 g/mol. The molecule has 0 aromatic carbocycles. The van der Waals surface area contributed by atoms with E-state index in [1.165, 1.54) is 12.8 Å². The summed E-state index contributed by atoms with van der Waals surface area (Å²) in [6.45, 7) is 0.777. The monoisotopic (exact) mass is 320 g/mol. The predicted molar refractivity (Wildman–Crippen MR) is 85.2 cm³/mol. The highest BCUT2D eigenvalue weighted by Crippen LogP contribution is 2.31. The maximum atomic E-state index is 12.3. The van der Waals surface area contributed by atoms with Gasteiger partial charge in [-0.2, -0.15) is 5.10 Å². The normalized spacial score (nSPS) is 23.0. The van der Waals surface area contributed by atoms with Gasteiger partial charge in [-0.3, -0.25) is 14.5 Å². The summed E-state index contributed by atoms with van der Waals surface area (Å²) in [4.78, 5) is 25.4. The van der Waals surface area contributed by atoms with Crippen molar-refractivity contribution in [3.8, 4) is 0 Å². The molecule has 1 aliphatic carbocycles. The Labute approximate surface area is 135 Å². The topological polar surface area (TPSA) is 87.5 Å². The van der Waals surface area contributed by atoms with Crippen LogP contribution in [0, 0.1) is 0 Å². The molecule has 3 rings (SSSR count). The van der Waals surface area contributed by atoms with Crippen LogP contribution >= 0.6 is 0 Å². The molecule has 7 nitrogen and oxygen atoms in total. The molecule has 23 heavy (non-hydrogen) atoms. The van der Waals surface area contributed by atoms with Crippen LogP contribution < -0.4 is 5.32 Å². The second-order valence-corrected chi connectivity index (χ2v) is 6.47. The van der Waals surface area contributed by atoms with Crippen LogP contribution in [0.5, 0.6) is 0 Å². The van der Waals surface area contributed by atoms with E-state index in [0.29, 0.717) is 24.8 Å². The highest BCUT2D eigenvalue weighted by Gasteiger charge is 2.30. The number of hydrogen-bond donors (Lipinski definition) is 2. The molecular weight excluding hydrogens is 296 g/mol. The van der Waals surface area contributed by atoms with Gasteiger partial charge in [0.1, 0.15) is 11.9 Å². The van der Waals surface area contributed by atoms with Crippen molar-refractivity contribution >= 4 is 17.7 Å². The number of carboxylic acids is 1. The standard InChI is InChI=1S/C16H24N4O3/c21-15(11-19-10-4-3-7-13(19)16(22)23)18-14-8-9-17-20(14)12-5-1-2-6-12/h8-9,12-13H,1-7,10-11H2,(H,18,21)(H,22,23). The number of amides is 1. The molecule has 126 valence electrons.